The van der Waals surface area contributed by atoms with Crippen molar-refractivity contribution in [2.45, 2.75) is 6.18 Å². The Morgan fingerprint density at radius 1 is 1.26 bits per heavy atom. The Hall–Kier alpha value is -2.31. The zero-order chi connectivity index (χ0) is 14.2. The van der Waals surface area contributed by atoms with Gasteiger partial charge in [0, 0.05) is 24.4 Å². The average Bonchev–Trinajstić information content (AvgIpc) is 2.71. The third-order valence-electron chi connectivity index (χ3n) is 2.62. The van der Waals surface area contributed by atoms with Crippen molar-refractivity contribution in [1.29, 1.82) is 5.41 Å². The molecular formula is C12H11F3N4. The van der Waals surface area contributed by atoms with Gasteiger partial charge in [0.05, 0.1) is 0 Å². The van der Waals surface area contributed by atoms with Gasteiger partial charge in [0.1, 0.15) is 11.7 Å². The van der Waals surface area contributed by atoms with E-state index in [1.54, 1.807) is 24.3 Å². The number of alkyl halides is 3. The summed E-state index contributed by atoms with van der Waals surface area (Å²) >= 11 is 0. The first-order valence-electron chi connectivity index (χ1n) is 5.34. The van der Waals surface area contributed by atoms with Crippen molar-refractivity contribution in [1.82, 2.24) is 9.55 Å². The first-order valence-corrected chi connectivity index (χ1v) is 5.34. The van der Waals surface area contributed by atoms with Crippen LogP contribution in [0.5, 0.6) is 0 Å². The first kappa shape index (κ1) is 13.1. The van der Waals surface area contributed by atoms with Gasteiger partial charge in [-0.1, -0.05) is 24.3 Å². The van der Waals surface area contributed by atoms with Gasteiger partial charge < -0.3 is 10.3 Å². The summed E-state index contributed by atoms with van der Waals surface area (Å²) in [6.07, 6.45) is -3.52. The molecule has 1 aromatic carbocycles. The zero-order valence-corrected chi connectivity index (χ0v) is 9.99. The number of nitrogens with zero attached hydrogens (tertiary/aromatic N) is 2. The van der Waals surface area contributed by atoms with Crippen LogP contribution in [0.1, 0.15) is 11.3 Å². The molecule has 3 N–H and O–H groups in total. The highest BCUT2D eigenvalue weighted by Gasteiger charge is 2.34. The normalized spacial score (nSPS) is 11.6. The summed E-state index contributed by atoms with van der Waals surface area (Å²) in [7, 11) is 1.50. The minimum atomic E-state index is -4.46. The summed E-state index contributed by atoms with van der Waals surface area (Å²) in [5.74, 6) is 0.116. The van der Waals surface area contributed by atoms with Crippen molar-refractivity contribution in [3.05, 3.63) is 41.7 Å². The molecule has 0 unspecified atom stereocenters. The van der Waals surface area contributed by atoms with Crippen LogP contribution in [0.25, 0.3) is 11.4 Å². The van der Waals surface area contributed by atoms with Crippen molar-refractivity contribution in [2.75, 3.05) is 0 Å². The molecular weight excluding hydrogens is 257 g/mol. The standard InChI is InChI=1S/C12H11F3N4/c1-19-6-9(12(13,14)15)18-11(19)8-4-2-7(3-5-8)10(16)17/h2-6H,1H3,(H3,16,17). The molecule has 0 radical (unpaired) electrons. The number of amidine groups is 1. The molecule has 0 atom stereocenters. The van der Waals surface area contributed by atoms with Crippen molar-refractivity contribution in [3.63, 3.8) is 0 Å². The predicted octanol–water partition coefficient (Wildman–Crippen LogP) is 2.39. The summed E-state index contributed by atoms with van der Waals surface area (Å²) in [5, 5.41) is 7.25. The average molecular weight is 268 g/mol. The topological polar surface area (TPSA) is 67.7 Å². The number of hydrogen-bond acceptors (Lipinski definition) is 2. The van der Waals surface area contributed by atoms with Crippen molar-refractivity contribution < 1.29 is 13.2 Å². The molecule has 2 aromatic rings. The largest absolute Gasteiger partial charge is 0.434 e. The molecule has 1 aromatic heterocycles. The molecule has 19 heavy (non-hydrogen) atoms. The van der Waals surface area contributed by atoms with Crippen LogP contribution in [0, 0.1) is 5.41 Å². The lowest BCUT2D eigenvalue weighted by Gasteiger charge is -2.03. The van der Waals surface area contributed by atoms with Crippen molar-refractivity contribution in [2.24, 2.45) is 12.8 Å². The quantitative estimate of drug-likeness (QED) is 0.648. The number of hydrogen-bond donors (Lipinski definition) is 2. The molecule has 0 saturated heterocycles. The molecule has 0 fully saturated rings. The summed E-state index contributed by atoms with van der Waals surface area (Å²) in [4.78, 5) is 3.58. The third-order valence-corrected chi connectivity index (χ3v) is 2.62. The summed E-state index contributed by atoms with van der Waals surface area (Å²) < 4.78 is 39.0. The summed E-state index contributed by atoms with van der Waals surface area (Å²) in [6.45, 7) is 0. The number of rotatable bonds is 2. The highest BCUT2D eigenvalue weighted by atomic mass is 19.4. The van der Waals surface area contributed by atoms with Crippen LogP contribution in [0.4, 0.5) is 13.2 Å². The minimum absolute atomic E-state index is 0.0950. The second-order valence-electron chi connectivity index (χ2n) is 4.05. The number of halogens is 3. The lowest BCUT2D eigenvalue weighted by atomic mass is 10.1. The molecule has 100 valence electrons. The predicted molar refractivity (Wildman–Crippen MR) is 64.7 cm³/mol. The Morgan fingerprint density at radius 3 is 2.26 bits per heavy atom. The fourth-order valence-electron chi connectivity index (χ4n) is 1.67. The van der Waals surface area contributed by atoms with Gasteiger partial charge in [0.15, 0.2) is 5.69 Å². The summed E-state index contributed by atoms with van der Waals surface area (Å²) in [6, 6.07) is 6.30. The molecule has 0 aliphatic carbocycles. The van der Waals surface area contributed by atoms with Crippen molar-refractivity contribution >= 4 is 5.84 Å². The number of aryl methyl sites for hydroxylation is 1. The van der Waals surface area contributed by atoms with E-state index < -0.39 is 11.9 Å². The molecule has 7 heteroatoms. The van der Waals surface area contributed by atoms with Crippen LogP contribution in [0.3, 0.4) is 0 Å². The highest BCUT2D eigenvalue weighted by molar-refractivity contribution is 5.95. The lowest BCUT2D eigenvalue weighted by Crippen LogP contribution is -2.10. The minimum Gasteiger partial charge on any atom is -0.384 e. The van der Waals surface area contributed by atoms with Crippen molar-refractivity contribution in [3.8, 4) is 11.4 Å². The monoisotopic (exact) mass is 268 g/mol. The molecule has 1 heterocycles. The van der Waals surface area contributed by atoms with Gasteiger partial charge in [-0.2, -0.15) is 13.2 Å². The molecule has 4 nitrogen and oxygen atoms in total. The first-order chi connectivity index (χ1) is 8.79. The van der Waals surface area contributed by atoms with Gasteiger partial charge in [-0.25, -0.2) is 4.98 Å². The van der Waals surface area contributed by atoms with Gasteiger partial charge in [0.25, 0.3) is 0 Å². The van der Waals surface area contributed by atoms with E-state index in [1.807, 2.05) is 0 Å². The van der Waals surface area contributed by atoms with Crippen LogP contribution in [-0.4, -0.2) is 15.4 Å². The van der Waals surface area contributed by atoms with Crippen LogP contribution < -0.4 is 5.73 Å². The number of imidazole rings is 1. The fraction of sp³-hybridized carbons (Fsp3) is 0.167. The van der Waals surface area contributed by atoms with E-state index >= 15 is 0 Å². The van der Waals surface area contributed by atoms with E-state index in [0.717, 1.165) is 6.20 Å². The molecule has 0 aliphatic rings. The smallest absolute Gasteiger partial charge is 0.384 e. The van der Waals surface area contributed by atoms with E-state index in [4.69, 9.17) is 11.1 Å². The van der Waals surface area contributed by atoms with Gasteiger partial charge in [-0.05, 0) is 0 Å². The van der Waals surface area contributed by atoms with E-state index in [2.05, 4.69) is 4.98 Å². The molecule has 0 saturated carbocycles. The lowest BCUT2D eigenvalue weighted by molar-refractivity contribution is -0.140. The number of nitrogens with two attached hydrogens (primary N) is 1. The van der Waals surface area contributed by atoms with Gasteiger partial charge >= 0.3 is 6.18 Å². The second-order valence-corrected chi connectivity index (χ2v) is 4.05. The van der Waals surface area contributed by atoms with Crippen LogP contribution in [-0.2, 0) is 13.2 Å². The fourth-order valence-corrected chi connectivity index (χ4v) is 1.67. The zero-order valence-electron chi connectivity index (χ0n) is 9.99. The van der Waals surface area contributed by atoms with E-state index in [-0.39, 0.29) is 11.7 Å². The molecule has 0 spiro atoms. The Kier molecular flexibility index (Phi) is 3.05. The molecule has 0 bridgehead atoms. The van der Waals surface area contributed by atoms with Gasteiger partial charge in [-0.15, -0.1) is 0 Å². The van der Waals surface area contributed by atoms with Crippen LogP contribution in [0.2, 0.25) is 0 Å². The maximum atomic E-state index is 12.5. The highest BCUT2D eigenvalue weighted by Crippen LogP contribution is 2.30. The van der Waals surface area contributed by atoms with Gasteiger partial charge in [-0.3, -0.25) is 5.41 Å². The molecule has 0 amide bonds. The van der Waals surface area contributed by atoms with E-state index in [0.29, 0.717) is 11.1 Å². The number of nitrogen functional groups attached to an aromatic ring is 1. The van der Waals surface area contributed by atoms with Crippen LogP contribution in [0.15, 0.2) is 30.5 Å². The number of aromatic nitrogens is 2. The maximum Gasteiger partial charge on any atom is 0.434 e. The maximum absolute atomic E-state index is 12.5. The second kappa shape index (κ2) is 4.42. The van der Waals surface area contributed by atoms with E-state index in [1.165, 1.54) is 11.6 Å². The van der Waals surface area contributed by atoms with Crippen LogP contribution >= 0.6 is 0 Å². The third kappa shape index (κ3) is 2.59. The Labute approximate surface area is 107 Å². The van der Waals surface area contributed by atoms with E-state index in [9.17, 15) is 13.2 Å². The Balaban J connectivity index is 2.42. The Morgan fingerprint density at radius 2 is 1.84 bits per heavy atom. The summed E-state index contributed by atoms with van der Waals surface area (Å²) in [5.41, 5.74) is 5.42. The molecule has 2 rings (SSSR count). The number of nitrogens with one attached hydrogen (secondary N) is 1. The van der Waals surface area contributed by atoms with Gasteiger partial charge in [0.2, 0.25) is 0 Å². The SMILES string of the molecule is Cn1cc(C(F)(F)F)nc1-c1ccc(C(=N)N)cc1. The number of benzene rings is 1. The molecule has 0 aliphatic heterocycles. The Bertz CT molecular complexity index is 611.